The highest BCUT2D eigenvalue weighted by molar-refractivity contribution is 5.76. The van der Waals surface area contributed by atoms with E-state index in [1.807, 2.05) is 18.2 Å². The van der Waals surface area contributed by atoms with Crippen molar-refractivity contribution in [1.82, 2.24) is 14.5 Å². The summed E-state index contributed by atoms with van der Waals surface area (Å²) in [7, 11) is 0. The molecule has 30 heavy (non-hydrogen) atoms. The summed E-state index contributed by atoms with van der Waals surface area (Å²) in [5, 5.41) is 0. The number of halogens is 1. The Morgan fingerprint density at radius 1 is 1.10 bits per heavy atom. The zero-order valence-corrected chi connectivity index (χ0v) is 16.7. The van der Waals surface area contributed by atoms with E-state index in [1.54, 1.807) is 34.3 Å². The third-order valence-corrected chi connectivity index (χ3v) is 5.00. The summed E-state index contributed by atoms with van der Waals surface area (Å²) in [5.74, 6) is 0.375. The molecular formula is C23H24FN3O3. The smallest absolute Gasteiger partial charge is 0.242 e. The van der Waals surface area contributed by atoms with Crippen molar-refractivity contribution in [3.8, 4) is 5.75 Å². The van der Waals surface area contributed by atoms with Gasteiger partial charge in [-0.1, -0.05) is 24.3 Å². The molecule has 3 aromatic rings. The van der Waals surface area contributed by atoms with E-state index in [2.05, 4.69) is 11.1 Å². The molecule has 2 bridgehead atoms. The van der Waals surface area contributed by atoms with Crippen LogP contribution in [-0.4, -0.2) is 46.7 Å². The lowest BCUT2D eigenvalue weighted by molar-refractivity contribution is -0.133. The molecule has 0 unspecified atom stereocenters. The van der Waals surface area contributed by atoms with Crippen molar-refractivity contribution < 1.29 is 18.7 Å². The normalized spacial score (nSPS) is 15.0. The number of imidazole rings is 1. The second-order valence-corrected chi connectivity index (χ2v) is 7.26. The van der Waals surface area contributed by atoms with Gasteiger partial charge in [-0.3, -0.25) is 4.79 Å². The zero-order chi connectivity index (χ0) is 20.8. The quantitative estimate of drug-likeness (QED) is 0.653. The highest BCUT2D eigenvalue weighted by Gasteiger charge is 2.16. The fourth-order valence-electron chi connectivity index (χ4n) is 3.52. The van der Waals surface area contributed by atoms with Gasteiger partial charge >= 0.3 is 0 Å². The first-order valence-corrected chi connectivity index (χ1v) is 9.98. The average molecular weight is 409 g/mol. The molecular weight excluding hydrogens is 385 g/mol. The van der Waals surface area contributed by atoms with E-state index < -0.39 is 0 Å². The maximum Gasteiger partial charge on any atom is 0.242 e. The van der Waals surface area contributed by atoms with Gasteiger partial charge in [0, 0.05) is 37.5 Å². The Morgan fingerprint density at radius 3 is 2.87 bits per heavy atom. The van der Waals surface area contributed by atoms with Crippen molar-refractivity contribution in [1.29, 1.82) is 0 Å². The first-order chi connectivity index (χ1) is 14.7. The number of hydrogen-bond donors (Lipinski definition) is 0. The lowest BCUT2D eigenvalue weighted by Crippen LogP contribution is -2.36. The standard InChI is InChI=1S/C23H24FN3O3/c24-21-4-5-22-20(14-21)13-18-2-1-3-19(12-18)15-27(8-9-29-10-11-30-22)23(28)16-26-7-6-25-17-26/h1-7,12,14,17H,8-11,13,15-16H2. The van der Waals surface area contributed by atoms with Gasteiger partial charge in [0.05, 0.1) is 19.5 Å². The molecule has 1 amide bonds. The topological polar surface area (TPSA) is 56.6 Å². The minimum absolute atomic E-state index is 0.00207. The molecule has 0 atom stereocenters. The number of carbonyl (C=O) groups excluding carboxylic acids is 1. The van der Waals surface area contributed by atoms with Crippen LogP contribution in [0.3, 0.4) is 0 Å². The van der Waals surface area contributed by atoms with E-state index in [1.165, 1.54) is 12.1 Å². The van der Waals surface area contributed by atoms with Crippen LogP contribution in [0, 0.1) is 5.82 Å². The minimum atomic E-state index is -0.290. The fraction of sp³-hybridized carbons (Fsp3) is 0.304. The molecule has 2 heterocycles. The minimum Gasteiger partial charge on any atom is -0.491 e. The van der Waals surface area contributed by atoms with Crippen LogP contribution in [0.4, 0.5) is 4.39 Å². The van der Waals surface area contributed by atoms with Gasteiger partial charge in [0.15, 0.2) is 0 Å². The zero-order valence-electron chi connectivity index (χ0n) is 16.7. The van der Waals surface area contributed by atoms with Gasteiger partial charge in [-0.05, 0) is 29.3 Å². The van der Waals surface area contributed by atoms with Gasteiger partial charge in [0.1, 0.15) is 24.7 Å². The van der Waals surface area contributed by atoms with Crippen molar-refractivity contribution in [3.05, 3.63) is 83.7 Å². The van der Waals surface area contributed by atoms with Crippen molar-refractivity contribution >= 4 is 5.91 Å². The van der Waals surface area contributed by atoms with Crippen molar-refractivity contribution in [2.75, 3.05) is 26.4 Å². The summed E-state index contributed by atoms with van der Waals surface area (Å²) < 4.78 is 27.1. The predicted octanol–water partition coefficient (Wildman–Crippen LogP) is 3.05. The van der Waals surface area contributed by atoms with Crippen LogP contribution < -0.4 is 4.74 Å². The third-order valence-electron chi connectivity index (χ3n) is 5.00. The molecule has 1 aliphatic heterocycles. The molecule has 0 spiro atoms. The van der Waals surface area contributed by atoms with Crippen LogP contribution in [0.2, 0.25) is 0 Å². The Balaban J connectivity index is 1.57. The van der Waals surface area contributed by atoms with E-state index in [0.717, 1.165) is 16.7 Å². The van der Waals surface area contributed by atoms with Crippen LogP contribution in [0.5, 0.6) is 5.75 Å². The second kappa shape index (κ2) is 9.54. The molecule has 0 saturated heterocycles. The van der Waals surface area contributed by atoms with Gasteiger partial charge in [-0.15, -0.1) is 0 Å². The molecule has 2 aromatic carbocycles. The third kappa shape index (κ3) is 5.24. The summed E-state index contributed by atoms with van der Waals surface area (Å²) in [4.78, 5) is 18.6. The van der Waals surface area contributed by atoms with Crippen molar-refractivity contribution in [2.24, 2.45) is 0 Å². The lowest BCUT2D eigenvalue weighted by atomic mass is 10.0. The average Bonchev–Trinajstić information content (AvgIpc) is 3.24. The SMILES string of the molecule is O=C(Cn1ccnc1)N1CCOCCOc2ccc(F)cc2Cc2cccc(c2)C1. The number of fused-ring (bicyclic) bond motifs is 3. The second-order valence-electron chi connectivity index (χ2n) is 7.26. The summed E-state index contributed by atoms with van der Waals surface area (Å²) in [6.45, 7) is 2.37. The van der Waals surface area contributed by atoms with Crippen LogP contribution in [0.15, 0.2) is 61.2 Å². The van der Waals surface area contributed by atoms with E-state index in [9.17, 15) is 9.18 Å². The Labute approximate surface area is 174 Å². The highest BCUT2D eigenvalue weighted by atomic mass is 19.1. The highest BCUT2D eigenvalue weighted by Crippen LogP contribution is 2.24. The number of hydrogen-bond acceptors (Lipinski definition) is 4. The first kappa shape index (κ1) is 20.1. The monoisotopic (exact) mass is 409 g/mol. The number of benzene rings is 2. The Morgan fingerprint density at radius 2 is 2.00 bits per heavy atom. The van der Waals surface area contributed by atoms with Crippen LogP contribution >= 0.6 is 0 Å². The van der Waals surface area contributed by atoms with E-state index in [0.29, 0.717) is 45.1 Å². The van der Waals surface area contributed by atoms with Crippen LogP contribution in [0.1, 0.15) is 16.7 Å². The first-order valence-electron chi connectivity index (χ1n) is 9.98. The number of nitrogens with zero attached hydrogens (tertiary/aromatic N) is 3. The Kier molecular flexibility index (Phi) is 6.39. The van der Waals surface area contributed by atoms with E-state index >= 15 is 0 Å². The maximum absolute atomic E-state index is 13.8. The summed E-state index contributed by atoms with van der Waals surface area (Å²) in [5.41, 5.74) is 2.85. The van der Waals surface area contributed by atoms with E-state index in [-0.39, 0.29) is 18.3 Å². The molecule has 7 heteroatoms. The fourth-order valence-corrected chi connectivity index (χ4v) is 3.52. The number of amides is 1. The van der Waals surface area contributed by atoms with Gasteiger partial charge in [-0.25, -0.2) is 9.37 Å². The lowest BCUT2D eigenvalue weighted by Gasteiger charge is -2.24. The van der Waals surface area contributed by atoms with Gasteiger partial charge < -0.3 is 18.9 Å². The molecule has 0 saturated carbocycles. The molecule has 0 radical (unpaired) electrons. The Hall–Kier alpha value is -3.19. The molecule has 1 aliphatic rings. The summed E-state index contributed by atoms with van der Waals surface area (Å²) in [6.07, 6.45) is 5.61. The molecule has 0 aliphatic carbocycles. The predicted molar refractivity (Wildman–Crippen MR) is 110 cm³/mol. The largest absolute Gasteiger partial charge is 0.491 e. The van der Waals surface area contributed by atoms with Crippen molar-refractivity contribution in [2.45, 2.75) is 19.5 Å². The van der Waals surface area contributed by atoms with E-state index in [4.69, 9.17) is 9.47 Å². The number of aromatic nitrogens is 2. The molecule has 0 N–H and O–H groups in total. The molecule has 0 fully saturated rings. The van der Waals surface area contributed by atoms with Gasteiger partial charge in [-0.2, -0.15) is 0 Å². The number of rotatable bonds is 2. The van der Waals surface area contributed by atoms with Gasteiger partial charge in [0.25, 0.3) is 0 Å². The molecule has 156 valence electrons. The van der Waals surface area contributed by atoms with Crippen molar-refractivity contribution in [3.63, 3.8) is 0 Å². The maximum atomic E-state index is 13.8. The Bertz CT molecular complexity index is 991. The van der Waals surface area contributed by atoms with Crippen LogP contribution in [-0.2, 0) is 29.0 Å². The summed E-state index contributed by atoms with van der Waals surface area (Å²) >= 11 is 0. The molecule has 6 nitrogen and oxygen atoms in total. The molecule has 4 rings (SSSR count). The summed E-state index contributed by atoms with van der Waals surface area (Å²) in [6, 6.07) is 12.6. The number of carbonyl (C=O) groups is 1. The van der Waals surface area contributed by atoms with Crippen LogP contribution in [0.25, 0.3) is 0 Å². The number of ether oxygens (including phenoxy) is 2. The van der Waals surface area contributed by atoms with Gasteiger partial charge in [0.2, 0.25) is 5.91 Å². The molecule has 1 aromatic heterocycles.